The molecule has 2 atom stereocenters. The number of carbonyl (C=O) groups is 1. The van der Waals surface area contributed by atoms with Gasteiger partial charge >= 0.3 is 0 Å². The van der Waals surface area contributed by atoms with Crippen molar-refractivity contribution in [1.82, 2.24) is 15.0 Å². The van der Waals surface area contributed by atoms with Crippen LogP contribution in [0.15, 0.2) is 48.8 Å². The van der Waals surface area contributed by atoms with E-state index in [1.54, 1.807) is 30.5 Å². The Morgan fingerprint density at radius 1 is 1.20 bits per heavy atom. The Balaban J connectivity index is 1.55. The second-order valence-electron chi connectivity index (χ2n) is 7.43. The van der Waals surface area contributed by atoms with Crippen LogP contribution in [-0.4, -0.2) is 27.5 Å². The van der Waals surface area contributed by atoms with Gasteiger partial charge in [0.15, 0.2) is 5.75 Å². The number of amides is 1. The van der Waals surface area contributed by atoms with Crippen molar-refractivity contribution in [3.8, 4) is 5.75 Å². The first-order valence-corrected chi connectivity index (χ1v) is 9.87. The summed E-state index contributed by atoms with van der Waals surface area (Å²) in [6.45, 7) is 3.90. The smallest absolute Gasteiger partial charge is 0.229 e. The molecule has 154 valence electrons. The predicted molar refractivity (Wildman–Crippen MR) is 111 cm³/mol. The highest BCUT2D eigenvalue weighted by atomic mass is 35.5. The van der Waals surface area contributed by atoms with Crippen LogP contribution in [0.3, 0.4) is 0 Å². The van der Waals surface area contributed by atoms with E-state index in [-0.39, 0.29) is 24.2 Å². The topological polar surface area (TPSA) is 77.0 Å². The Morgan fingerprint density at radius 3 is 2.63 bits per heavy atom. The van der Waals surface area contributed by atoms with E-state index in [9.17, 15) is 9.18 Å². The van der Waals surface area contributed by atoms with E-state index in [2.05, 4.69) is 20.3 Å². The van der Waals surface area contributed by atoms with Crippen LogP contribution in [0.4, 0.5) is 10.2 Å². The lowest BCUT2D eigenvalue weighted by Crippen LogP contribution is -2.27. The zero-order chi connectivity index (χ0) is 21.3. The molecule has 0 aliphatic heterocycles. The molecule has 30 heavy (non-hydrogen) atoms. The first-order valence-electron chi connectivity index (χ1n) is 9.49. The molecule has 3 aromatic rings. The number of hydrogen-bond donors (Lipinski definition) is 1. The monoisotopic (exact) mass is 426 g/mol. The molecule has 0 radical (unpaired) electrons. The second-order valence-corrected chi connectivity index (χ2v) is 7.86. The van der Waals surface area contributed by atoms with E-state index in [1.807, 2.05) is 13.8 Å². The van der Waals surface area contributed by atoms with Crippen molar-refractivity contribution in [1.29, 1.82) is 0 Å². The maximum absolute atomic E-state index is 13.5. The Labute approximate surface area is 178 Å². The number of pyridine rings is 1. The van der Waals surface area contributed by atoms with Gasteiger partial charge in [0.25, 0.3) is 0 Å². The number of anilines is 1. The van der Waals surface area contributed by atoms with E-state index in [0.29, 0.717) is 28.8 Å². The SMILES string of the molecule is Cc1ncc(OCC2(c3ccc(F)cc3)CC2C(=O)Nc2ccc(Cl)cn2)c(C)n1. The van der Waals surface area contributed by atoms with Crippen LogP contribution >= 0.6 is 11.6 Å². The molecule has 0 spiro atoms. The summed E-state index contributed by atoms with van der Waals surface area (Å²) in [5, 5.41) is 3.31. The lowest BCUT2D eigenvalue weighted by atomic mass is 9.93. The molecule has 2 unspecified atom stereocenters. The van der Waals surface area contributed by atoms with Crippen LogP contribution in [0.25, 0.3) is 0 Å². The molecule has 0 bridgehead atoms. The van der Waals surface area contributed by atoms with Crippen molar-refractivity contribution in [3.05, 3.63) is 76.7 Å². The highest BCUT2D eigenvalue weighted by molar-refractivity contribution is 6.30. The van der Waals surface area contributed by atoms with Crippen molar-refractivity contribution >= 4 is 23.3 Å². The molecule has 2 heterocycles. The van der Waals surface area contributed by atoms with E-state index in [4.69, 9.17) is 16.3 Å². The van der Waals surface area contributed by atoms with Gasteiger partial charge in [0.1, 0.15) is 17.5 Å². The summed E-state index contributed by atoms with van der Waals surface area (Å²) >= 11 is 5.85. The van der Waals surface area contributed by atoms with Crippen LogP contribution in [0, 0.1) is 25.6 Å². The number of rotatable bonds is 6. The van der Waals surface area contributed by atoms with E-state index in [1.165, 1.54) is 18.3 Å². The number of halogens is 2. The molecule has 6 nitrogen and oxygen atoms in total. The lowest BCUT2D eigenvalue weighted by Gasteiger charge is -2.19. The van der Waals surface area contributed by atoms with Gasteiger partial charge in [-0.25, -0.2) is 19.3 Å². The standard InChI is InChI=1S/C22H20ClFN4O2/c1-13-19(11-25-14(2)27-13)30-12-22(15-3-6-17(24)7-4-15)9-18(22)21(29)28-20-8-5-16(23)10-26-20/h3-8,10-11,18H,9,12H2,1-2H3,(H,26,28,29). The van der Waals surface area contributed by atoms with Crippen LogP contribution in [0.2, 0.25) is 5.02 Å². The molecule has 1 N–H and O–H groups in total. The third-order valence-electron chi connectivity index (χ3n) is 5.33. The van der Waals surface area contributed by atoms with Gasteiger partial charge in [-0.05, 0) is 50.1 Å². The fourth-order valence-corrected chi connectivity index (χ4v) is 3.69. The summed E-state index contributed by atoms with van der Waals surface area (Å²) in [5.41, 5.74) is 1.00. The van der Waals surface area contributed by atoms with Gasteiger partial charge < -0.3 is 10.1 Å². The number of aromatic nitrogens is 3. The number of nitrogens with one attached hydrogen (secondary N) is 1. The average molecular weight is 427 g/mol. The maximum Gasteiger partial charge on any atom is 0.229 e. The minimum absolute atomic E-state index is 0.172. The normalized spacial score (nSPS) is 19.9. The summed E-state index contributed by atoms with van der Waals surface area (Å²) in [4.78, 5) is 25.5. The Morgan fingerprint density at radius 2 is 1.97 bits per heavy atom. The van der Waals surface area contributed by atoms with Gasteiger partial charge in [0.2, 0.25) is 5.91 Å². The fourth-order valence-electron chi connectivity index (χ4n) is 3.58. The van der Waals surface area contributed by atoms with Gasteiger partial charge in [-0.1, -0.05) is 23.7 Å². The second kappa shape index (κ2) is 7.99. The predicted octanol–water partition coefficient (Wildman–Crippen LogP) is 4.26. The largest absolute Gasteiger partial charge is 0.489 e. The molecule has 4 rings (SSSR count). The number of nitrogens with zero attached hydrogens (tertiary/aromatic N) is 3. The first-order chi connectivity index (χ1) is 14.4. The van der Waals surface area contributed by atoms with Crippen LogP contribution < -0.4 is 10.1 Å². The maximum atomic E-state index is 13.5. The zero-order valence-electron chi connectivity index (χ0n) is 16.5. The van der Waals surface area contributed by atoms with E-state index >= 15 is 0 Å². The summed E-state index contributed by atoms with van der Waals surface area (Å²) in [6.07, 6.45) is 3.68. The molecule has 1 amide bonds. The van der Waals surface area contributed by atoms with Crippen molar-refractivity contribution in [2.45, 2.75) is 25.7 Å². The molecule has 1 fully saturated rings. The molecule has 2 aromatic heterocycles. The van der Waals surface area contributed by atoms with Crippen molar-refractivity contribution in [2.24, 2.45) is 5.92 Å². The Kier molecular flexibility index (Phi) is 5.39. The summed E-state index contributed by atoms with van der Waals surface area (Å²) in [7, 11) is 0. The third-order valence-corrected chi connectivity index (χ3v) is 5.55. The summed E-state index contributed by atoms with van der Waals surface area (Å²) < 4.78 is 19.5. The number of carbonyl (C=O) groups excluding carboxylic acids is 1. The molecular weight excluding hydrogens is 407 g/mol. The summed E-state index contributed by atoms with van der Waals surface area (Å²) in [5.74, 6) is 0.805. The Hall–Kier alpha value is -3.06. The number of benzene rings is 1. The highest BCUT2D eigenvalue weighted by Crippen LogP contribution is 2.55. The average Bonchev–Trinajstić information content (AvgIpc) is 3.45. The van der Waals surface area contributed by atoms with Gasteiger partial charge in [-0.2, -0.15) is 0 Å². The summed E-state index contributed by atoms with van der Waals surface area (Å²) in [6, 6.07) is 9.49. The lowest BCUT2D eigenvalue weighted by molar-refractivity contribution is -0.117. The first kappa shape index (κ1) is 20.2. The van der Waals surface area contributed by atoms with Crippen molar-refractivity contribution in [3.63, 3.8) is 0 Å². The molecule has 8 heteroatoms. The molecule has 1 aliphatic rings. The molecular formula is C22H20ClFN4O2. The molecule has 0 saturated heterocycles. The van der Waals surface area contributed by atoms with Gasteiger partial charge in [-0.3, -0.25) is 4.79 Å². The van der Waals surface area contributed by atoms with Crippen molar-refractivity contribution in [2.75, 3.05) is 11.9 Å². The minimum Gasteiger partial charge on any atom is -0.489 e. The Bertz CT molecular complexity index is 1080. The molecule has 1 saturated carbocycles. The van der Waals surface area contributed by atoms with Gasteiger partial charge in [0, 0.05) is 11.6 Å². The highest BCUT2D eigenvalue weighted by Gasteiger charge is 2.60. The van der Waals surface area contributed by atoms with Gasteiger partial charge in [-0.15, -0.1) is 0 Å². The van der Waals surface area contributed by atoms with Crippen molar-refractivity contribution < 1.29 is 13.9 Å². The number of ether oxygens (including phenoxy) is 1. The number of hydrogen-bond acceptors (Lipinski definition) is 5. The zero-order valence-corrected chi connectivity index (χ0v) is 17.3. The van der Waals surface area contributed by atoms with E-state index < -0.39 is 5.41 Å². The van der Waals surface area contributed by atoms with E-state index in [0.717, 1.165) is 11.3 Å². The third kappa shape index (κ3) is 4.11. The quantitative estimate of drug-likeness (QED) is 0.637. The van der Waals surface area contributed by atoms with Gasteiger partial charge in [0.05, 0.1) is 29.4 Å². The van der Waals surface area contributed by atoms with Crippen LogP contribution in [0.1, 0.15) is 23.5 Å². The fraction of sp³-hybridized carbons (Fsp3) is 0.273. The number of aryl methyl sites for hydroxylation is 2. The minimum atomic E-state index is -0.568. The van der Waals surface area contributed by atoms with Crippen LogP contribution in [0.5, 0.6) is 5.75 Å². The van der Waals surface area contributed by atoms with Crippen LogP contribution in [-0.2, 0) is 10.2 Å². The molecule has 1 aromatic carbocycles. The molecule has 1 aliphatic carbocycles.